The Hall–Kier alpha value is 1.26. The number of hydrogen-bond donors (Lipinski definition) is 0. The summed E-state index contributed by atoms with van der Waals surface area (Å²) in [6.45, 7) is 4.52. The van der Waals surface area contributed by atoms with E-state index in [4.69, 9.17) is 0 Å². The van der Waals surface area contributed by atoms with E-state index in [-0.39, 0.29) is 20.9 Å². The van der Waals surface area contributed by atoms with Crippen LogP contribution in [0.25, 0.3) is 0 Å². The zero-order valence-corrected chi connectivity index (χ0v) is 11.9. The van der Waals surface area contributed by atoms with Crippen LogP contribution in [0.1, 0.15) is 39.5 Å². The van der Waals surface area contributed by atoms with E-state index >= 15 is 0 Å². The second-order valence-corrected chi connectivity index (χ2v) is 9.18. The molecule has 0 radical (unpaired) electrons. The molecule has 0 atom stereocenters. The van der Waals surface area contributed by atoms with Crippen LogP contribution in [0.15, 0.2) is 7.70 Å². The van der Waals surface area contributed by atoms with Crippen molar-refractivity contribution in [2.45, 2.75) is 44.0 Å². The number of rotatable bonds is 6. The summed E-state index contributed by atoms with van der Waals surface area (Å²) in [4.78, 5) is 0. The van der Waals surface area contributed by atoms with Crippen LogP contribution in [-0.2, 0) is 0 Å². The van der Waals surface area contributed by atoms with E-state index in [1.165, 1.54) is 30.2 Å². The van der Waals surface area contributed by atoms with E-state index in [1.807, 2.05) is 0 Å². The first-order valence-electron chi connectivity index (χ1n) is 4.29. The molecule has 0 amide bonds. The molecule has 0 fully saturated rings. The van der Waals surface area contributed by atoms with Crippen LogP contribution in [0.3, 0.4) is 0 Å². The third-order valence-electron chi connectivity index (χ3n) is 1.33. The van der Waals surface area contributed by atoms with Gasteiger partial charge < -0.3 is 0 Å². The third kappa shape index (κ3) is 9.17. The monoisotopic (exact) mass is 382 g/mol. The van der Waals surface area contributed by atoms with Crippen LogP contribution in [0.2, 0.25) is 4.47 Å². The van der Waals surface area contributed by atoms with Gasteiger partial charge in [0.15, 0.2) is 0 Å². The van der Waals surface area contributed by atoms with Gasteiger partial charge in [0.1, 0.15) is 0 Å². The molecule has 0 rings (SSSR count). The molecular formula is C9H17ITe. The molecule has 0 aromatic carbocycles. The van der Waals surface area contributed by atoms with Gasteiger partial charge in [-0.3, -0.25) is 0 Å². The molecule has 0 unspecified atom stereocenters. The van der Waals surface area contributed by atoms with Gasteiger partial charge in [0.2, 0.25) is 0 Å². The quantitative estimate of drug-likeness (QED) is 0.372. The second-order valence-electron chi connectivity index (χ2n) is 2.50. The van der Waals surface area contributed by atoms with Crippen molar-refractivity contribution < 1.29 is 0 Å². The summed E-state index contributed by atoms with van der Waals surface area (Å²) in [5.41, 5.74) is 0. The van der Waals surface area contributed by atoms with Gasteiger partial charge in [0.05, 0.1) is 0 Å². The van der Waals surface area contributed by atoms with Crippen LogP contribution in [0.5, 0.6) is 0 Å². The van der Waals surface area contributed by atoms with Crippen molar-refractivity contribution in [2.24, 2.45) is 0 Å². The van der Waals surface area contributed by atoms with E-state index in [9.17, 15) is 0 Å². The van der Waals surface area contributed by atoms with E-state index < -0.39 is 0 Å². The molecule has 0 N–H and O–H groups in total. The summed E-state index contributed by atoms with van der Waals surface area (Å²) in [6, 6.07) is 0. The van der Waals surface area contributed by atoms with Crippen LogP contribution in [0.4, 0.5) is 0 Å². The van der Waals surface area contributed by atoms with Crippen molar-refractivity contribution in [3.63, 3.8) is 0 Å². The molecule has 11 heavy (non-hydrogen) atoms. The molecular weight excluding hydrogens is 363 g/mol. The maximum atomic E-state index is 2.52. The molecule has 0 aliphatic heterocycles. The summed E-state index contributed by atoms with van der Waals surface area (Å²) < 4.78 is 3.18. The summed E-state index contributed by atoms with van der Waals surface area (Å²) in [6.07, 6.45) is 7.82. The molecule has 0 aromatic heterocycles. The van der Waals surface area contributed by atoms with Gasteiger partial charge in [-0.25, -0.2) is 0 Å². The SMILES string of the molecule is CCC/C=C(\I)[Te]CCCC. The predicted octanol–water partition coefficient (Wildman–Crippen LogP) is 3.99. The van der Waals surface area contributed by atoms with Gasteiger partial charge in [0, 0.05) is 0 Å². The average molecular weight is 380 g/mol. The topological polar surface area (TPSA) is 0 Å². The van der Waals surface area contributed by atoms with Gasteiger partial charge in [-0.05, 0) is 0 Å². The summed E-state index contributed by atoms with van der Waals surface area (Å²) >= 11 is 2.75. The fraction of sp³-hybridized carbons (Fsp3) is 0.778. The third-order valence-corrected chi connectivity index (χ3v) is 6.53. The van der Waals surface area contributed by atoms with Gasteiger partial charge >= 0.3 is 95.2 Å². The minimum absolute atomic E-state index is 0.226. The standard InChI is InChI=1S/C9H17ITe/c1-3-5-7-9(10)11-8-6-4-2/h7H,3-6,8H2,1-2H3/b9-7+. The number of halogens is 1. The first kappa shape index (κ1) is 12.3. The molecule has 0 aromatic rings. The zero-order valence-electron chi connectivity index (χ0n) is 7.40. The Morgan fingerprint density at radius 1 is 1.36 bits per heavy atom. The summed E-state index contributed by atoms with van der Waals surface area (Å²) in [5, 5.41) is 0. The minimum atomic E-state index is 0.226. The van der Waals surface area contributed by atoms with E-state index in [2.05, 4.69) is 42.5 Å². The Kier molecular flexibility index (Phi) is 10.4. The van der Waals surface area contributed by atoms with Crippen LogP contribution in [-0.4, -0.2) is 20.9 Å². The molecule has 2 heteroatoms. The second kappa shape index (κ2) is 9.35. The van der Waals surface area contributed by atoms with E-state index in [0.29, 0.717) is 0 Å². The number of allylic oxidation sites excluding steroid dienone is 1. The molecule has 0 spiro atoms. The number of unbranched alkanes of at least 4 members (excludes halogenated alkanes) is 2. The van der Waals surface area contributed by atoms with Crippen molar-refractivity contribution >= 4 is 43.5 Å². The molecule has 0 bridgehead atoms. The Morgan fingerprint density at radius 2 is 2.09 bits per heavy atom. The first-order valence-corrected chi connectivity index (χ1v) is 8.18. The van der Waals surface area contributed by atoms with Gasteiger partial charge in [0.25, 0.3) is 0 Å². The zero-order chi connectivity index (χ0) is 8.53. The Labute approximate surface area is 94.4 Å². The van der Waals surface area contributed by atoms with Crippen molar-refractivity contribution in [3.8, 4) is 0 Å². The van der Waals surface area contributed by atoms with Crippen molar-refractivity contribution in [3.05, 3.63) is 7.70 Å². The Balaban J connectivity index is 3.27. The molecule has 0 saturated heterocycles. The van der Waals surface area contributed by atoms with Gasteiger partial charge in [-0.1, -0.05) is 0 Å². The molecule has 0 saturated carbocycles. The molecule has 0 aliphatic carbocycles. The van der Waals surface area contributed by atoms with E-state index in [1.54, 1.807) is 1.63 Å². The molecule has 0 aliphatic rings. The van der Waals surface area contributed by atoms with Crippen molar-refractivity contribution in [1.29, 1.82) is 0 Å². The van der Waals surface area contributed by atoms with Crippen LogP contribution in [0, 0.1) is 0 Å². The predicted molar refractivity (Wildman–Crippen MR) is 62.5 cm³/mol. The summed E-state index contributed by atoms with van der Waals surface area (Å²) in [5.74, 6) is 0. The van der Waals surface area contributed by atoms with E-state index in [0.717, 1.165) is 0 Å². The van der Waals surface area contributed by atoms with Crippen molar-refractivity contribution in [2.75, 3.05) is 0 Å². The maximum absolute atomic E-state index is 2.52. The first-order chi connectivity index (χ1) is 5.31. The molecule has 0 nitrogen and oxygen atoms in total. The van der Waals surface area contributed by atoms with Crippen molar-refractivity contribution in [1.82, 2.24) is 0 Å². The van der Waals surface area contributed by atoms with Crippen LogP contribution < -0.4 is 0 Å². The number of hydrogen-bond acceptors (Lipinski definition) is 0. The van der Waals surface area contributed by atoms with Gasteiger partial charge in [-0.2, -0.15) is 0 Å². The fourth-order valence-corrected chi connectivity index (χ4v) is 4.88. The Morgan fingerprint density at radius 3 is 2.64 bits per heavy atom. The van der Waals surface area contributed by atoms with Gasteiger partial charge in [-0.15, -0.1) is 0 Å². The average Bonchev–Trinajstić information content (AvgIpc) is 2.01. The molecule has 0 heterocycles. The normalized spacial score (nSPS) is 12.1. The summed E-state index contributed by atoms with van der Waals surface area (Å²) in [7, 11) is 0. The Bertz CT molecular complexity index is 110. The van der Waals surface area contributed by atoms with Crippen LogP contribution >= 0.6 is 22.6 Å². The fourth-order valence-electron chi connectivity index (χ4n) is 0.631. The molecule has 66 valence electrons.